The maximum Gasteiger partial charge on any atom is 0.339 e. The first-order chi connectivity index (χ1) is 6.93. The van der Waals surface area contributed by atoms with Crippen LogP contribution in [0.25, 0.3) is 0 Å². The molecule has 0 radical (unpaired) electrons. The first-order valence-electron chi connectivity index (χ1n) is 3.92. The quantitative estimate of drug-likeness (QED) is 0.778. The fraction of sp³-hybridized carbons (Fsp3) is 0.111. The highest BCUT2D eigenvalue weighted by atomic mass is 19.2. The van der Waals surface area contributed by atoms with Crippen LogP contribution in [0.2, 0.25) is 0 Å². The van der Waals surface area contributed by atoms with Crippen molar-refractivity contribution in [3.8, 4) is 0 Å². The second kappa shape index (κ2) is 4.04. The maximum atomic E-state index is 13.1. The molecule has 80 valence electrons. The Labute approximate surface area is 83.3 Å². The number of primary amides is 1. The summed E-state index contributed by atoms with van der Waals surface area (Å²) in [6.07, 6.45) is -0.446. The summed E-state index contributed by atoms with van der Waals surface area (Å²) in [6.45, 7) is 0. The van der Waals surface area contributed by atoms with Crippen LogP contribution in [0, 0.1) is 11.6 Å². The largest absolute Gasteiger partial charge is 0.478 e. The van der Waals surface area contributed by atoms with E-state index in [1.807, 2.05) is 0 Å². The average Bonchev–Trinajstić information content (AvgIpc) is 2.10. The summed E-state index contributed by atoms with van der Waals surface area (Å²) in [4.78, 5) is 21.2. The Hall–Kier alpha value is -1.98. The Bertz CT molecular complexity index is 432. The van der Waals surface area contributed by atoms with Gasteiger partial charge in [0, 0.05) is 0 Å². The molecule has 0 saturated carbocycles. The predicted molar refractivity (Wildman–Crippen MR) is 46.2 cm³/mol. The lowest BCUT2D eigenvalue weighted by Gasteiger charge is -2.05. The zero-order valence-electron chi connectivity index (χ0n) is 7.46. The zero-order chi connectivity index (χ0) is 11.6. The number of hydrogen-bond donors (Lipinski definition) is 2. The van der Waals surface area contributed by atoms with E-state index in [9.17, 15) is 18.4 Å². The first-order valence-corrected chi connectivity index (χ1v) is 3.92. The number of carbonyl (C=O) groups is 2. The van der Waals surface area contributed by atoms with E-state index in [0.717, 1.165) is 12.1 Å². The molecule has 0 saturated heterocycles. The van der Waals surface area contributed by atoms with Gasteiger partial charge >= 0.3 is 5.97 Å². The highest BCUT2D eigenvalue weighted by molar-refractivity contribution is 5.91. The molecule has 0 bridgehead atoms. The van der Waals surface area contributed by atoms with E-state index in [-0.39, 0.29) is 5.56 Å². The molecule has 1 aromatic rings. The van der Waals surface area contributed by atoms with Crippen LogP contribution in [-0.4, -0.2) is 17.0 Å². The van der Waals surface area contributed by atoms with Gasteiger partial charge in [-0.25, -0.2) is 13.6 Å². The monoisotopic (exact) mass is 215 g/mol. The van der Waals surface area contributed by atoms with Crippen LogP contribution in [0.3, 0.4) is 0 Å². The third kappa shape index (κ3) is 2.28. The molecule has 15 heavy (non-hydrogen) atoms. The van der Waals surface area contributed by atoms with E-state index in [2.05, 4.69) is 0 Å². The summed E-state index contributed by atoms with van der Waals surface area (Å²) in [7, 11) is 0. The van der Waals surface area contributed by atoms with Crippen LogP contribution in [0.1, 0.15) is 15.9 Å². The van der Waals surface area contributed by atoms with Crippen molar-refractivity contribution >= 4 is 11.9 Å². The molecule has 3 N–H and O–H groups in total. The van der Waals surface area contributed by atoms with Crippen molar-refractivity contribution in [1.82, 2.24) is 0 Å². The van der Waals surface area contributed by atoms with E-state index in [4.69, 9.17) is 10.8 Å². The molecule has 6 heteroatoms. The molecule has 0 unspecified atom stereocenters. The van der Waals surface area contributed by atoms with Crippen LogP contribution in [0.5, 0.6) is 0 Å². The smallest absolute Gasteiger partial charge is 0.339 e. The Morgan fingerprint density at radius 3 is 2.40 bits per heavy atom. The molecule has 0 fully saturated rings. The van der Waals surface area contributed by atoms with Crippen molar-refractivity contribution in [2.75, 3.05) is 0 Å². The molecular weight excluding hydrogens is 208 g/mol. The van der Waals surface area contributed by atoms with Crippen molar-refractivity contribution in [2.24, 2.45) is 5.73 Å². The van der Waals surface area contributed by atoms with E-state index < -0.39 is 35.5 Å². The number of benzene rings is 1. The van der Waals surface area contributed by atoms with E-state index in [1.54, 1.807) is 0 Å². The topological polar surface area (TPSA) is 80.4 Å². The summed E-state index contributed by atoms with van der Waals surface area (Å²) in [6, 6.07) is 1.77. The molecule has 0 aliphatic rings. The van der Waals surface area contributed by atoms with Gasteiger partial charge in [-0.2, -0.15) is 0 Å². The number of halogens is 2. The molecule has 0 spiro atoms. The van der Waals surface area contributed by atoms with Crippen LogP contribution in [0.15, 0.2) is 12.1 Å². The minimum atomic E-state index is -1.64. The number of amides is 1. The summed E-state index contributed by atoms with van der Waals surface area (Å²) >= 11 is 0. The van der Waals surface area contributed by atoms with Crippen molar-refractivity contribution in [2.45, 2.75) is 6.42 Å². The molecule has 0 aliphatic carbocycles. The number of nitrogens with two attached hydrogens (primary N) is 1. The van der Waals surface area contributed by atoms with Gasteiger partial charge in [0.15, 0.2) is 11.6 Å². The average molecular weight is 215 g/mol. The summed E-state index contributed by atoms with van der Waals surface area (Å²) in [5.74, 6) is -5.21. The number of aromatic carboxylic acids is 1. The van der Waals surface area contributed by atoms with Gasteiger partial charge < -0.3 is 10.8 Å². The fourth-order valence-electron chi connectivity index (χ4n) is 1.16. The van der Waals surface area contributed by atoms with Gasteiger partial charge in [-0.3, -0.25) is 4.79 Å². The maximum absolute atomic E-state index is 13.1. The molecule has 1 amide bonds. The molecule has 1 aromatic carbocycles. The number of hydrogen-bond acceptors (Lipinski definition) is 2. The Kier molecular flexibility index (Phi) is 2.99. The summed E-state index contributed by atoms with van der Waals surface area (Å²) in [5.41, 5.74) is 3.84. The van der Waals surface area contributed by atoms with E-state index in [1.165, 1.54) is 0 Å². The second-order valence-corrected chi connectivity index (χ2v) is 2.84. The Morgan fingerprint density at radius 2 is 1.93 bits per heavy atom. The SMILES string of the molecule is NC(=O)Cc1ccc(F)c(F)c1C(=O)O. The van der Waals surface area contributed by atoms with Crippen molar-refractivity contribution in [3.05, 3.63) is 34.9 Å². The molecule has 0 heterocycles. The minimum Gasteiger partial charge on any atom is -0.478 e. The van der Waals surface area contributed by atoms with Gasteiger partial charge in [0.05, 0.1) is 6.42 Å². The zero-order valence-corrected chi connectivity index (χ0v) is 7.46. The number of carboxylic acid groups (broad SMARTS) is 1. The van der Waals surface area contributed by atoms with Crippen LogP contribution >= 0.6 is 0 Å². The van der Waals surface area contributed by atoms with E-state index >= 15 is 0 Å². The van der Waals surface area contributed by atoms with Crippen LogP contribution < -0.4 is 5.73 Å². The normalized spacial score (nSPS) is 10.0. The van der Waals surface area contributed by atoms with Gasteiger partial charge in [0.1, 0.15) is 5.56 Å². The molecular formula is C9H7F2NO3. The lowest BCUT2D eigenvalue weighted by Crippen LogP contribution is -2.17. The van der Waals surface area contributed by atoms with E-state index in [0.29, 0.717) is 0 Å². The van der Waals surface area contributed by atoms with Crippen molar-refractivity contribution < 1.29 is 23.5 Å². The molecule has 0 aliphatic heterocycles. The minimum absolute atomic E-state index is 0.145. The predicted octanol–water partition coefficient (Wildman–Crippen LogP) is 0.691. The van der Waals surface area contributed by atoms with Gasteiger partial charge in [-0.1, -0.05) is 6.07 Å². The van der Waals surface area contributed by atoms with Crippen molar-refractivity contribution in [1.29, 1.82) is 0 Å². The molecule has 4 nitrogen and oxygen atoms in total. The fourth-order valence-corrected chi connectivity index (χ4v) is 1.16. The first kappa shape index (κ1) is 11.1. The summed E-state index contributed by atoms with van der Waals surface area (Å²) < 4.78 is 25.8. The third-order valence-electron chi connectivity index (χ3n) is 1.76. The lowest BCUT2D eigenvalue weighted by molar-refractivity contribution is -0.117. The highest BCUT2D eigenvalue weighted by Gasteiger charge is 2.20. The van der Waals surface area contributed by atoms with Gasteiger partial charge in [0.2, 0.25) is 5.91 Å². The van der Waals surface area contributed by atoms with Gasteiger partial charge in [-0.05, 0) is 11.6 Å². The number of carboxylic acids is 1. The van der Waals surface area contributed by atoms with Crippen LogP contribution in [-0.2, 0) is 11.2 Å². The van der Waals surface area contributed by atoms with Gasteiger partial charge in [0.25, 0.3) is 0 Å². The lowest BCUT2D eigenvalue weighted by atomic mass is 10.0. The third-order valence-corrected chi connectivity index (χ3v) is 1.76. The summed E-state index contributed by atoms with van der Waals surface area (Å²) in [5, 5.41) is 8.63. The molecule has 1 rings (SSSR count). The van der Waals surface area contributed by atoms with Crippen LogP contribution in [0.4, 0.5) is 8.78 Å². The van der Waals surface area contributed by atoms with Crippen molar-refractivity contribution in [3.63, 3.8) is 0 Å². The van der Waals surface area contributed by atoms with Gasteiger partial charge in [-0.15, -0.1) is 0 Å². The molecule has 0 atom stereocenters. The second-order valence-electron chi connectivity index (χ2n) is 2.84. The highest BCUT2D eigenvalue weighted by Crippen LogP contribution is 2.17. The number of rotatable bonds is 3. The number of carbonyl (C=O) groups excluding carboxylic acids is 1. The standard InChI is InChI=1S/C9H7F2NO3/c10-5-2-1-4(3-6(12)13)7(8(5)11)9(14)15/h1-2H,3H2,(H2,12,13)(H,14,15). The Morgan fingerprint density at radius 1 is 1.33 bits per heavy atom. The Balaban J connectivity index is 3.33. The molecule has 0 aromatic heterocycles.